The second kappa shape index (κ2) is 8.13. The van der Waals surface area contributed by atoms with Crippen LogP contribution in [0.15, 0.2) is 71.3 Å². The Hall–Kier alpha value is -3.05. The lowest BCUT2D eigenvalue weighted by molar-refractivity contribution is -0.126. The van der Waals surface area contributed by atoms with Crippen LogP contribution in [0.4, 0.5) is 0 Å². The Kier molecular flexibility index (Phi) is 5.41. The number of hydrogen-bond donors (Lipinski definition) is 1. The lowest BCUT2D eigenvalue weighted by Gasteiger charge is -2.36. The third kappa shape index (κ3) is 3.91. The minimum absolute atomic E-state index is 0.216. The zero-order valence-corrected chi connectivity index (χ0v) is 16.7. The molecule has 1 aliphatic heterocycles. The first-order valence-electron chi connectivity index (χ1n) is 9.50. The van der Waals surface area contributed by atoms with Crippen molar-refractivity contribution in [3.8, 4) is 0 Å². The minimum atomic E-state index is -0.632. The number of carbonyl (C=O) groups is 2. The smallest absolute Gasteiger partial charge is 0.290 e. The standard InChI is InChI=1S/C23H21ClN2O3/c1-15(18-9-4-5-10-19(18)24)25-22(27)20-13-16-7-2-3-8-17(16)14-26(20)23(28)21-11-6-12-29-21/h2-12,15,20H,13-14H2,1H3,(H,25,27). The van der Waals surface area contributed by atoms with Crippen molar-refractivity contribution in [2.45, 2.75) is 32.0 Å². The molecule has 2 amide bonds. The first kappa shape index (κ1) is 19.3. The van der Waals surface area contributed by atoms with Crippen LogP contribution in [-0.2, 0) is 17.8 Å². The van der Waals surface area contributed by atoms with Gasteiger partial charge in [0.25, 0.3) is 5.91 Å². The number of fused-ring (bicyclic) bond motifs is 1. The van der Waals surface area contributed by atoms with Gasteiger partial charge in [-0.2, -0.15) is 0 Å². The maximum atomic E-state index is 13.2. The maximum absolute atomic E-state index is 13.2. The van der Waals surface area contributed by atoms with Gasteiger partial charge in [-0.15, -0.1) is 0 Å². The van der Waals surface area contributed by atoms with E-state index >= 15 is 0 Å². The minimum Gasteiger partial charge on any atom is -0.459 e. The van der Waals surface area contributed by atoms with E-state index in [-0.39, 0.29) is 23.6 Å². The Bertz CT molecular complexity index is 1030. The van der Waals surface area contributed by atoms with Gasteiger partial charge in [0.1, 0.15) is 6.04 Å². The van der Waals surface area contributed by atoms with Crippen LogP contribution in [0, 0.1) is 0 Å². The molecule has 0 saturated heterocycles. The van der Waals surface area contributed by atoms with Gasteiger partial charge in [0.2, 0.25) is 5.91 Å². The highest BCUT2D eigenvalue weighted by molar-refractivity contribution is 6.31. The van der Waals surface area contributed by atoms with Crippen molar-refractivity contribution in [3.63, 3.8) is 0 Å². The van der Waals surface area contributed by atoms with Crippen molar-refractivity contribution in [2.24, 2.45) is 0 Å². The van der Waals surface area contributed by atoms with Gasteiger partial charge in [-0.1, -0.05) is 54.1 Å². The maximum Gasteiger partial charge on any atom is 0.290 e. The van der Waals surface area contributed by atoms with E-state index in [1.54, 1.807) is 23.1 Å². The Labute approximate surface area is 174 Å². The number of benzene rings is 2. The Morgan fingerprint density at radius 1 is 1.07 bits per heavy atom. The lowest BCUT2D eigenvalue weighted by Crippen LogP contribution is -2.52. The SMILES string of the molecule is CC(NC(=O)C1Cc2ccccc2CN1C(=O)c1ccco1)c1ccccc1Cl. The molecule has 0 aliphatic carbocycles. The van der Waals surface area contributed by atoms with Gasteiger partial charge >= 0.3 is 0 Å². The summed E-state index contributed by atoms with van der Waals surface area (Å²) in [5.41, 5.74) is 2.94. The van der Waals surface area contributed by atoms with E-state index in [2.05, 4.69) is 5.32 Å². The number of rotatable bonds is 4. The third-order valence-corrected chi connectivity index (χ3v) is 5.62. The summed E-state index contributed by atoms with van der Waals surface area (Å²) in [5, 5.41) is 3.61. The summed E-state index contributed by atoms with van der Waals surface area (Å²) in [7, 11) is 0. The Balaban J connectivity index is 1.61. The number of furan rings is 1. The molecule has 3 aromatic rings. The topological polar surface area (TPSA) is 62.6 Å². The molecule has 2 atom stereocenters. The van der Waals surface area contributed by atoms with Crippen molar-refractivity contribution in [3.05, 3.63) is 94.4 Å². The van der Waals surface area contributed by atoms with Gasteiger partial charge < -0.3 is 14.6 Å². The zero-order valence-electron chi connectivity index (χ0n) is 16.0. The molecule has 6 heteroatoms. The molecule has 4 rings (SSSR count). The van der Waals surface area contributed by atoms with Crippen LogP contribution >= 0.6 is 11.6 Å². The summed E-state index contributed by atoms with van der Waals surface area (Å²) in [6.45, 7) is 2.24. The number of amides is 2. The number of nitrogens with one attached hydrogen (secondary N) is 1. The van der Waals surface area contributed by atoms with Gasteiger partial charge in [0, 0.05) is 18.0 Å². The molecule has 0 fully saturated rings. The van der Waals surface area contributed by atoms with Crippen LogP contribution in [0.5, 0.6) is 0 Å². The van der Waals surface area contributed by atoms with E-state index in [0.29, 0.717) is 18.0 Å². The predicted molar refractivity (Wildman–Crippen MR) is 111 cm³/mol. The van der Waals surface area contributed by atoms with E-state index in [1.807, 2.05) is 49.4 Å². The molecule has 2 heterocycles. The summed E-state index contributed by atoms with van der Waals surface area (Å²) in [5.74, 6) is -0.289. The molecule has 5 nitrogen and oxygen atoms in total. The van der Waals surface area contributed by atoms with Crippen molar-refractivity contribution in [1.29, 1.82) is 0 Å². The van der Waals surface area contributed by atoms with E-state index in [1.165, 1.54) is 6.26 Å². The number of carbonyl (C=O) groups excluding carboxylic acids is 2. The molecule has 1 N–H and O–H groups in total. The van der Waals surface area contributed by atoms with E-state index in [9.17, 15) is 9.59 Å². The average molecular weight is 409 g/mol. The molecule has 0 bridgehead atoms. The molecule has 0 saturated carbocycles. The average Bonchev–Trinajstić information content (AvgIpc) is 3.27. The van der Waals surface area contributed by atoms with Crippen LogP contribution in [0.25, 0.3) is 0 Å². The van der Waals surface area contributed by atoms with Gasteiger partial charge in [-0.05, 0) is 41.8 Å². The van der Waals surface area contributed by atoms with E-state index in [4.69, 9.17) is 16.0 Å². The van der Waals surface area contributed by atoms with Crippen molar-refractivity contribution in [2.75, 3.05) is 0 Å². The fourth-order valence-corrected chi connectivity index (χ4v) is 4.03. The highest BCUT2D eigenvalue weighted by Crippen LogP contribution is 2.27. The predicted octanol–water partition coefficient (Wildman–Crippen LogP) is 4.38. The van der Waals surface area contributed by atoms with E-state index < -0.39 is 6.04 Å². The highest BCUT2D eigenvalue weighted by Gasteiger charge is 2.36. The largest absolute Gasteiger partial charge is 0.459 e. The van der Waals surface area contributed by atoms with Gasteiger partial charge in [0.05, 0.1) is 12.3 Å². The molecule has 29 heavy (non-hydrogen) atoms. The molecule has 2 aromatic carbocycles. The summed E-state index contributed by atoms with van der Waals surface area (Å²) in [6, 6.07) is 17.7. The summed E-state index contributed by atoms with van der Waals surface area (Å²) < 4.78 is 5.29. The molecule has 0 radical (unpaired) electrons. The molecular weight excluding hydrogens is 388 g/mol. The fourth-order valence-electron chi connectivity index (χ4n) is 3.73. The molecular formula is C23H21ClN2O3. The second-order valence-electron chi connectivity index (χ2n) is 7.15. The third-order valence-electron chi connectivity index (χ3n) is 5.27. The van der Waals surface area contributed by atoms with Gasteiger partial charge in [0.15, 0.2) is 5.76 Å². The monoisotopic (exact) mass is 408 g/mol. The quantitative estimate of drug-likeness (QED) is 0.696. The van der Waals surface area contributed by atoms with Crippen LogP contribution < -0.4 is 5.32 Å². The van der Waals surface area contributed by atoms with E-state index in [0.717, 1.165) is 16.7 Å². The van der Waals surface area contributed by atoms with Crippen LogP contribution in [0.2, 0.25) is 5.02 Å². The van der Waals surface area contributed by atoms with Crippen molar-refractivity contribution in [1.82, 2.24) is 10.2 Å². The normalized spacial score (nSPS) is 16.8. The van der Waals surface area contributed by atoms with Crippen LogP contribution in [0.3, 0.4) is 0 Å². The second-order valence-corrected chi connectivity index (χ2v) is 7.56. The number of nitrogens with zero attached hydrogens (tertiary/aromatic N) is 1. The molecule has 1 aromatic heterocycles. The summed E-state index contributed by atoms with van der Waals surface area (Å²) >= 11 is 6.27. The molecule has 2 unspecified atom stereocenters. The van der Waals surface area contributed by atoms with Gasteiger partial charge in [-0.25, -0.2) is 0 Å². The molecule has 1 aliphatic rings. The van der Waals surface area contributed by atoms with Crippen molar-refractivity contribution >= 4 is 23.4 Å². The Morgan fingerprint density at radius 2 is 1.79 bits per heavy atom. The van der Waals surface area contributed by atoms with Crippen LogP contribution in [-0.4, -0.2) is 22.8 Å². The Morgan fingerprint density at radius 3 is 2.52 bits per heavy atom. The number of halogens is 1. The summed E-state index contributed by atoms with van der Waals surface area (Å²) in [6.07, 6.45) is 1.91. The first-order chi connectivity index (χ1) is 14.0. The molecule has 148 valence electrons. The first-order valence-corrected chi connectivity index (χ1v) is 9.88. The number of hydrogen-bond acceptors (Lipinski definition) is 3. The van der Waals surface area contributed by atoms with Crippen molar-refractivity contribution < 1.29 is 14.0 Å². The zero-order chi connectivity index (χ0) is 20.4. The molecule has 0 spiro atoms. The fraction of sp³-hybridized carbons (Fsp3) is 0.217. The van der Waals surface area contributed by atoms with Gasteiger partial charge in [-0.3, -0.25) is 9.59 Å². The summed E-state index contributed by atoms with van der Waals surface area (Å²) in [4.78, 5) is 27.8. The van der Waals surface area contributed by atoms with Crippen LogP contribution in [0.1, 0.15) is 40.2 Å². The highest BCUT2D eigenvalue weighted by atomic mass is 35.5. The lowest BCUT2D eigenvalue weighted by atomic mass is 9.93.